The fourth-order valence-electron chi connectivity index (χ4n) is 3.77. The Hall–Kier alpha value is -2.95. The SMILES string of the molecule is Cc1cccn2c(=O)c(/C=C3\SC(=S)N(Cc4ccco4)C3=O)c(N3CCOCC3)nc12. The number of rotatable bonds is 4. The Kier molecular flexibility index (Phi) is 5.58. The normalized spacial score (nSPS) is 18.3. The van der Waals surface area contributed by atoms with Gasteiger partial charge >= 0.3 is 0 Å². The van der Waals surface area contributed by atoms with E-state index in [0.29, 0.717) is 58.3 Å². The molecule has 0 atom stereocenters. The van der Waals surface area contributed by atoms with Crippen LogP contribution in [0.4, 0.5) is 5.82 Å². The Morgan fingerprint density at radius 3 is 2.78 bits per heavy atom. The molecule has 0 saturated carbocycles. The van der Waals surface area contributed by atoms with Crippen molar-refractivity contribution < 1.29 is 13.9 Å². The summed E-state index contributed by atoms with van der Waals surface area (Å²) in [5.74, 6) is 0.946. The third-order valence-corrected chi connectivity index (χ3v) is 6.80. The molecule has 0 aromatic carbocycles. The Bertz CT molecular complexity index is 1290. The van der Waals surface area contributed by atoms with Gasteiger partial charge in [0, 0.05) is 19.3 Å². The molecule has 3 aromatic rings. The number of amides is 1. The second kappa shape index (κ2) is 8.53. The largest absolute Gasteiger partial charge is 0.467 e. The van der Waals surface area contributed by atoms with Gasteiger partial charge in [-0.2, -0.15) is 0 Å². The van der Waals surface area contributed by atoms with Crippen LogP contribution in [-0.2, 0) is 16.1 Å². The highest BCUT2D eigenvalue weighted by atomic mass is 32.2. The minimum atomic E-state index is -0.252. The Labute approximate surface area is 193 Å². The first-order valence-corrected chi connectivity index (χ1v) is 11.4. The average Bonchev–Trinajstić information content (AvgIpc) is 3.41. The highest BCUT2D eigenvalue weighted by Crippen LogP contribution is 2.34. The fraction of sp³-hybridized carbons (Fsp3) is 0.273. The molecule has 0 radical (unpaired) electrons. The number of furan rings is 1. The first-order chi connectivity index (χ1) is 15.5. The van der Waals surface area contributed by atoms with Gasteiger partial charge in [-0.25, -0.2) is 4.98 Å². The number of ether oxygens (including phenoxy) is 1. The summed E-state index contributed by atoms with van der Waals surface area (Å²) in [6.07, 6.45) is 4.87. The molecule has 10 heteroatoms. The van der Waals surface area contributed by atoms with Crippen LogP contribution in [0.2, 0.25) is 0 Å². The molecule has 2 saturated heterocycles. The smallest absolute Gasteiger partial charge is 0.267 e. The van der Waals surface area contributed by atoms with Crippen molar-refractivity contribution in [3.63, 3.8) is 0 Å². The third-order valence-electron chi connectivity index (χ3n) is 5.42. The maximum atomic E-state index is 13.5. The van der Waals surface area contributed by atoms with Gasteiger partial charge in [-0.3, -0.25) is 18.9 Å². The highest BCUT2D eigenvalue weighted by molar-refractivity contribution is 8.26. The van der Waals surface area contributed by atoms with Gasteiger partial charge in [0.1, 0.15) is 21.5 Å². The molecule has 0 N–H and O–H groups in total. The van der Waals surface area contributed by atoms with E-state index < -0.39 is 0 Å². The van der Waals surface area contributed by atoms with E-state index in [1.807, 2.05) is 24.0 Å². The molecule has 0 aliphatic carbocycles. The lowest BCUT2D eigenvalue weighted by atomic mass is 10.2. The van der Waals surface area contributed by atoms with Gasteiger partial charge in [-0.15, -0.1) is 0 Å². The van der Waals surface area contributed by atoms with Crippen LogP contribution < -0.4 is 10.5 Å². The minimum Gasteiger partial charge on any atom is -0.467 e. The monoisotopic (exact) mass is 468 g/mol. The van der Waals surface area contributed by atoms with Crippen LogP contribution in [0.3, 0.4) is 0 Å². The number of fused-ring (bicyclic) bond motifs is 1. The summed E-state index contributed by atoms with van der Waals surface area (Å²) >= 11 is 6.61. The van der Waals surface area contributed by atoms with Crippen LogP contribution >= 0.6 is 24.0 Å². The molecule has 1 amide bonds. The summed E-state index contributed by atoms with van der Waals surface area (Å²) in [5.41, 5.74) is 1.64. The Morgan fingerprint density at radius 1 is 1.22 bits per heavy atom. The van der Waals surface area contributed by atoms with Crippen LogP contribution in [-0.4, -0.2) is 50.8 Å². The molecule has 0 unspecified atom stereocenters. The molecule has 5 rings (SSSR count). The van der Waals surface area contributed by atoms with E-state index in [-0.39, 0.29) is 18.0 Å². The number of carbonyl (C=O) groups excluding carboxylic acids is 1. The zero-order valence-electron chi connectivity index (χ0n) is 17.3. The molecule has 2 fully saturated rings. The van der Waals surface area contributed by atoms with Gasteiger partial charge in [0.05, 0.1) is 36.5 Å². The van der Waals surface area contributed by atoms with Gasteiger partial charge in [0.25, 0.3) is 11.5 Å². The molecular formula is C22H20N4O4S2. The molecule has 0 spiro atoms. The van der Waals surface area contributed by atoms with E-state index in [9.17, 15) is 9.59 Å². The molecule has 5 heterocycles. The number of anilines is 1. The highest BCUT2D eigenvalue weighted by Gasteiger charge is 2.33. The van der Waals surface area contributed by atoms with Crippen molar-refractivity contribution in [1.82, 2.24) is 14.3 Å². The number of carbonyl (C=O) groups is 1. The fourth-order valence-corrected chi connectivity index (χ4v) is 5.01. The summed E-state index contributed by atoms with van der Waals surface area (Å²) in [5, 5.41) is 0. The maximum Gasteiger partial charge on any atom is 0.267 e. The van der Waals surface area contributed by atoms with Gasteiger partial charge in [0.15, 0.2) is 0 Å². The quantitative estimate of drug-likeness (QED) is 0.427. The topological polar surface area (TPSA) is 80.3 Å². The van der Waals surface area contributed by atoms with E-state index in [0.717, 1.165) is 5.56 Å². The minimum absolute atomic E-state index is 0.225. The van der Waals surface area contributed by atoms with Crippen molar-refractivity contribution in [1.29, 1.82) is 0 Å². The zero-order valence-corrected chi connectivity index (χ0v) is 18.9. The first kappa shape index (κ1) is 20.9. The summed E-state index contributed by atoms with van der Waals surface area (Å²) in [4.78, 5) is 35.3. The number of hydrogen-bond donors (Lipinski definition) is 0. The molecule has 3 aromatic heterocycles. The number of pyridine rings is 1. The Balaban J connectivity index is 1.60. The van der Waals surface area contributed by atoms with Gasteiger partial charge in [0.2, 0.25) is 0 Å². The van der Waals surface area contributed by atoms with Gasteiger partial charge in [-0.05, 0) is 36.8 Å². The predicted octanol–water partition coefficient (Wildman–Crippen LogP) is 2.83. The lowest BCUT2D eigenvalue weighted by Crippen LogP contribution is -2.38. The number of hydrogen-bond acceptors (Lipinski definition) is 8. The molecule has 32 heavy (non-hydrogen) atoms. The van der Waals surface area contributed by atoms with Crippen molar-refractivity contribution in [3.8, 4) is 0 Å². The van der Waals surface area contributed by atoms with Crippen molar-refractivity contribution in [2.24, 2.45) is 0 Å². The van der Waals surface area contributed by atoms with E-state index >= 15 is 0 Å². The first-order valence-electron chi connectivity index (χ1n) is 10.2. The van der Waals surface area contributed by atoms with Gasteiger partial charge in [-0.1, -0.05) is 30.0 Å². The number of aromatic nitrogens is 2. The van der Waals surface area contributed by atoms with Crippen molar-refractivity contribution >= 4 is 51.7 Å². The maximum absolute atomic E-state index is 13.5. The predicted molar refractivity (Wildman–Crippen MR) is 127 cm³/mol. The summed E-state index contributed by atoms with van der Waals surface area (Å²) < 4.78 is 12.8. The van der Waals surface area contributed by atoms with Crippen LogP contribution in [0.1, 0.15) is 16.9 Å². The third kappa shape index (κ3) is 3.74. The lowest BCUT2D eigenvalue weighted by molar-refractivity contribution is -0.122. The van der Waals surface area contributed by atoms with Crippen molar-refractivity contribution in [2.75, 3.05) is 31.2 Å². The summed E-state index contributed by atoms with van der Waals surface area (Å²) in [6.45, 7) is 4.52. The summed E-state index contributed by atoms with van der Waals surface area (Å²) in [6, 6.07) is 7.29. The zero-order chi connectivity index (χ0) is 22.2. The Morgan fingerprint density at radius 2 is 2.03 bits per heavy atom. The number of nitrogens with zero attached hydrogens (tertiary/aromatic N) is 4. The van der Waals surface area contributed by atoms with Crippen LogP contribution in [0, 0.1) is 6.92 Å². The van der Waals surface area contributed by atoms with Crippen LogP contribution in [0.5, 0.6) is 0 Å². The van der Waals surface area contributed by atoms with Crippen LogP contribution in [0.25, 0.3) is 11.7 Å². The van der Waals surface area contributed by atoms with E-state index in [4.69, 9.17) is 26.4 Å². The van der Waals surface area contributed by atoms with E-state index in [2.05, 4.69) is 0 Å². The molecule has 2 aliphatic heterocycles. The van der Waals surface area contributed by atoms with Gasteiger partial charge < -0.3 is 14.1 Å². The van der Waals surface area contributed by atoms with E-state index in [1.54, 1.807) is 30.7 Å². The standard InChI is InChI=1S/C22H20N4O4S2/c1-14-4-2-6-25-18(14)23-19(24-7-10-29-11-8-24)16(20(25)27)12-17-21(28)26(22(31)32-17)13-15-5-3-9-30-15/h2-6,9,12H,7-8,10-11,13H2,1H3/b17-12-. The molecule has 8 nitrogen and oxygen atoms in total. The van der Waals surface area contributed by atoms with Crippen LogP contribution in [0.15, 0.2) is 50.8 Å². The molecular weight excluding hydrogens is 448 g/mol. The number of thiocarbonyl (C=S) groups is 1. The lowest BCUT2D eigenvalue weighted by Gasteiger charge is -2.29. The van der Waals surface area contributed by atoms with E-state index in [1.165, 1.54) is 21.1 Å². The van der Waals surface area contributed by atoms with Crippen molar-refractivity contribution in [3.05, 3.63) is 68.9 Å². The molecule has 0 bridgehead atoms. The number of morpholine rings is 1. The molecule has 2 aliphatic rings. The number of thioether (sulfide) groups is 1. The number of aryl methyl sites for hydroxylation is 1. The second-order valence-electron chi connectivity index (χ2n) is 7.49. The summed E-state index contributed by atoms with van der Waals surface area (Å²) in [7, 11) is 0. The molecule has 164 valence electrons. The second-order valence-corrected chi connectivity index (χ2v) is 9.16. The average molecular weight is 469 g/mol. The van der Waals surface area contributed by atoms with Crippen molar-refractivity contribution in [2.45, 2.75) is 13.5 Å².